The SMILES string of the molecule is Cn1cnc(S(=O)(=O)N2CC3c4ccccc4CC3(NC(=O)OC(C)(C)C)C2)c1. The Morgan fingerprint density at radius 2 is 2.03 bits per heavy atom. The normalized spacial score (nSPS) is 24.2. The van der Waals surface area contributed by atoms with Gasteiger partial charge in [0.1, 0.15) is 5.60 Å². The van der Waals surface area contributed by atoms with Crippen molar-refractivity contribution in [2.24, 2.45) is 7.05 Å². The number of nitrogens with zero attached hydrogens (tertiary/aromatic N) is 3. The molecule has 0 bridgehead atoms. The number of fused-ring (bicyclic) bond motifs is 3. The predicted molar refractivity (Wildman–Crippen MR) is 107 cm³/mol. The highest BCUT2D eigenvalue weighted by Crippen LogP contribution is 2.47. The zero-order valence-electron chi connectivity index (χ0n) is 17.0. The van der Waals surface area contributed by atoms with Gasteiger partial charge in [0.2, 0.25) is 0 Å². The topological polar surface area (TPSA) is 93.5 Å². The first-order valence-corrected chi connectivity index (χ1v) is 11.0. The zero-order chi connectivity index (χ0) is 21.0. The lowest BCUT2D eigenvalue weighted by atomic mass is 9.88. The van der Waals surface area contributed by atoms with E-state index >= 15 is 0 Å². The number of nitrogens with one attached hydrogen (secondary N) is 1. The number of ether oxygens (including phenoxy) is 1. The Morgan fingerprint density at radius 1 is 1.31 bits per heavy atom. The van der Waals surface area contributed by atoms with Crippen molar-refractivity contribution in [3.63, 3.8) is 0 Å². The van der Waals surface area contributed by atoms with Crippen molar-refractivity contribution in [1.29, 1.82) is 0 Å². The van der Waals surface area contributed by atoms with Gasteiger partial charge in [0.15, 0.2) is 5.03 Å². The number of carbonyl (C=O) groups excluding carboxylic acids is 1. The molecule has 156 valence electrons. The Balaban J connectivity index is 1.68. The predicted octanol–water partition coefficient (Wildman–Crippen LogP) is 2.03. The lowest BCUT2D eigenvalue weighted by molar-refractivity contribution is 0.0457. The highest BCUT2D eigenvalue weighted by Gasteiger charge is 2.56. The highest BCUT2D eigenvalue weighted by molar-refractivity contribution is 7.89. The van der Waals surface area contributed by atoms with Crippen molar-refractivity contribution in [3.05, 3.63) is 47.9 Å². The van der Waals surface area contributed by atoms with E-state index in [0.29, 0.717) is 6.42 Å². The van der Waals surface area contributed by atoms with Crippen LogP contribution in [0.2, 0.25) is 0 Å². The molecule has 8 nitrogen and oxygen atoms in total. The van der Waals surface area contributed by atoms with E-state index in [4.69, 9.17) is 4.74 Å². The fourth-order valence-electron chi connectivity index (χ4n) is 4.33. The third-order valence-electron chi connectivity index (χ3n) is 5.48. The smallest absolute Gasteiger partial charge is 0.408 e. The fourth-order valence-corrected chi connectivity index (χ4v) is 5.82. The van der Waals surface area contributed by atoms with E-state index in [0.717, 1.165) is 11.1 Å². The van der Waals surface area contributed by atoms with Gasteiger partial charge in [0, 0.05) is 32.3 Å². The van der Waals surface area contributed by atoms with Gasteiger partial charge in [-0.05, 0) is 38.3 Å². The minimum absolute atomic E-state index is 0.0145. The number of carbonyl (C=O) groups is 1. The lowest BCUT2D eigenvalue weighted by Crippen LogP contribution is -2.54. The van der Waals surface area contributed by atoms with Crippen LogP contribution >= 0.6 is 0 Å². The maximum absolute atomic E-state index is 13.2. The van der Waals surface area contributed by atoms with Crippen molar-refractivity contribution in [3.8, 4) is 0 Å². The highest BCUT2D eigenvalue weighted by atomic mass is 32.2. The number of benzene rings is 1. The Kier molecular flexibility index (Phi) is 4.51. The van der Waals surface area contributed by atoms with Crippen molar-refractivity contribution in [2.45, 2.75) is 49.3 Å². The Morgan fingerprint density at radius 3 is 2.69 bits per heavy atom. The second-order valence-corrected chi connectivity index (χ2v) is 10.8. The molecule has 2 atom stereocenters. The van der Waals surface area contributed by atoms with Crippen LogP contribution in [-0.4, -0.2) is 52.6 Å². The van der Waals surface area contributed by atoms with E-state index in [1.165, 1.54) is 16.8 Å². The summed E-state index contributed by atoms with van der Waals surface area (Å²) in [5.74, 6) is -0.148. The van der Waals surface area contributed by atoms with Gasteiger partial charge in [-0.15, -0.1) is 0 Å². The number of sulfonamides is 1. The van der Waals surface area contributed by atoms with E-state index in [2.05, 4.69) is 10.3 Å². The average molecular weight is 419 g/mol. The Hall–Kier alpha value is -2.39. The molecule has 2 unspecified atom stereocenters. The minimum Gasteiger partial charge on any atom is -0.444 e. The molecular weight excluding hydrogens is 392 g/mol. The average Bonchev–Trinajstić information content (AvgIpc) is 3.24. The van der Waals surface area contributed by atoms with E-state index in [1.807, 2.05) is 24.3 Å². The van der Waals surface area contributed by atoms with E-state index in [-0.39, 0.29) is 24.0 Å². The number of alkyl carbamates (subject to hydrolysis) is 1. The molecule has 0 saturated carbocycles. The first-order valence-electron chi connectivity index (χ1n) is 9.57. The Bertz CT molecular complexity index is 1060. The standard InChI is InChI=1S/C20H26N4O4S/c1-19(2,3)28-18(25)22-20-9-14-7-5-6-8-15(14)16(20)10-24(12-20)29(26,27)17-11-23(4)13-21-17/h5-8,11,13,16H,9-10,12H2,1-4H3,(H,22,25). The number of rotatable bonds is 3. The molecule has 2 aliphatic rings. The van der Waals surface area contributed by atoms with Gasteiger partial charge >= 0.3 is 6.09 Å². The summed E-state index contributed by atoms with van der Waals surface area (Å²) in [4.78, 5) is 16.6. The van der Waals surface area contributed by atoms with Crippen molar-refractivity contribution in [2.75, 3.05) is 13.1 Å². The van der Waals surface area contributed by atoms with Crippen LogP contribution in [0.25, 0.3) is 0 Å². The lowest BCUT2D eigenvalue weighted by Gasteiger charge is -2.31. The van der Waals surface area contributed by atoms with E-state index < -0.39 is 27.3 Å². The number of aromatic nitrogens is 2. The summed E-state index contributed by atoms with van der Waals surface area (Å²) in [5, 5.41) is 3.04. The van der Waals surface area contributed by atoms with Crippen LogP contribution in [0, 0.1) is 0 Å². The van der Waals surface area contributed by atoms with Gasteiger partial charge < -0.3 is 14.6 Å². The van der Waals surface area contributed by atoms with Gasteiger partial charge in [-0.3, -0.25) is 0 Å². The second-order valence-electron chi connectivity index (χ2n) is 8.89. The molecule has 1 fully saturated rings. The maximum Gasteiger partial charge on any atom is 0.408 e. The van der Waals surface area contributed by atoms with Gasteiger partial charge in [0.05, 0.1) is 11.9 Å². The molecule has 9 heteroatoms. The fraction of sp³-hybridized carbons (Fsp3) is 0.500. The van der Waals surface area contributed by atoms with Gasteiger partial charge in [0.25, 0.3) is 10.0 Å². The molecule has 0 spiro atoms. The van der Waals surface area contributed by atoms with Gasteiger partial charge in [-0.1, -0.05) is 24.3 Å². The van der Waals surface area contributed by atoms with E-state index in [9.17, 15) is 13.2 Å². The van der Waals surface area contributed by atoms with Crippen LogP contribution in [0.15, 0.2) is 41.8 Å². The molecule has 2 heterocycles. The molecule has 1 aromatic heterocycles. The third-order valence-corrected chi connectivity index (χ3v) is 7.18. The van der Waals surface area contributed by atoms with Crippen LogP contribution in [0.3, 0.4) is 0 Å². The number of amides is 1. The number of hydrogen-bond acceptors (Lipinski definition) is 5. The number of imidazole rings is 1. The van der Waals surface area contributed by atoms with Crippen molar-refractivity contribution < 1.29 is 17.9 Å². The van der Waals surface area contributed by atoms with E-state index in [1.54, 1.807) is 32.4 Å². The molecule has 1 aliphatic carbocycles. The summed E-state index contributed by atoms with van der Waals surface area (Å²) >= 11 is 0. The monoisotopic (exact) mass is 418 g/mol. The van der Waals surface area contributed by atoms with Crippen LogP contribution in [0.5, 0.6) is 0 Å². The molecule has 1 N–H and O–H groups in total. The molecule has 2 aromatic rings. The molecular formula is C20H26N4O4S. The largest absolute Gasteiger partial charge is 0.444 e. The van der Waals surface area contributed by atoms with Crippen LogP contribution in [0.4, 0.5) is 4.79 Å². The summed E-state index contributed by atoms with van der Waals surface area (Å²) < 4.78 is 34.8. The number of hydrogen-bond donors (Lipinski definition) is 1. The zero-order valence-corrected chi connectivity index (χ0v) is 17.9. The third kappa shape index (κ3) is 3.53. The molecule has 4 rings (SSSR count). The molecule has 0 radical (unpaired) electrons. The summed E-state index contributed by atoms with van der Waals surface area (Å²) in [7, 11) is -2.03. The molecule has 1 aliphatic heterocycles. The van der Waals surface area contributed by atoms with Gasteiger partial charge in [-0.2, -0.15) is 4.31 Å². The van der Waals surface area contributed by atoms with Crippen LogP contribution in [0.1, 0.15) is 37.8 Å². The summed E-state index contributed by atoms with van der Waals surface area (Å²) in [6.45, 7) is 5.86. The van der Waals surface area contributed by atoms with Gasteiger partial charge in [-0.25, -0.2) is 18.2 Å². The summed E-state index contributed by atoms with van der Waals surface area (Å²) in [5.41, 5.74) is 0.819. The molecule has 1 aromatic carbocycles. The summed E-state index contributed by atoms with van der Waals surface area (Å²) in [6.07, 6.45) is 2.98. The quantitative estimate of drug-likeness (QED) is 0.823. The second kappa shape index (κ2) is 6.56. The van der Waals surface area contributed by atoms with Crippen LogP contribution < -0.4 is 5.32 Å². The molecule has 1 saturated heterocycles. The minimum atomic E-state index is -3.76. The summed E-state index contributed by atoms with van der Waals surface area (Å²) in [6, 6.07) is 7.95. The van der Waals surface area contributed by atoms with Crippen molar-refractivity contribution >= 4 is 16.1 Å². The first-order chi connectivity index (χ1) is 13.5. The Labute approximate surface area is 170 Å². The first kappa shape index (κ1) is 19.9. The van der Waals surface area contributed by atoms with Crippen LogP contribution in [-0.2, 0) is 28.2 Å². The number of aryl methyl sites for hydroxylation is 1. The maximum atomic E-state index is 13.2. The van der Waals surface area contributed by atoms with Crippen molar-refractivity contribution in [1.82, 2.24) is 19.2 Å². The molecule has 29 heavy (non-hydrogen) atoms. The molecule has 1 amide bonds.